The van der Waals surface area contributed by atoms with E-state index in [2.05, 4.69) is 40.0 Å². The van der Waals surface area contributed by atoms with Crippen LogP contribution in [0.1, 0.15) is 36.9 Å². The molecule has 3 rings (SSSR count). The molecule has 112 valence electrons. The first-order valence-electron chi connectivity index (χ1n) is 7.81. The lowest BCUT2D eigenvalue weighted by atomic mass is 10.1. The summed E-state index contributed by atoms with van der Waals surface area (Å²) in [7, 11) is 0. The summed E-state index contributed by atoms with van der Waals surface area (Å²) in [6.07, 6.45) is 8.98. The van der Waals surface area contributed by atoms with Crippen LogP contribution in [0.2, 0.25) is 0 Å². The molecule has 1 aliphatic rings. The van der Waals surface area contributed by atoms with Gasteiger partial charge in [-0.05, 0) is 49.1 Å². The van der Waals surface area contributed by atoms with E-state index in [-0.39, 0.29) is 0 Å². The van der Waals surface area contributed by atoms with Crippen molar-refractivity contribution in [3.8, 4) is 5.75 Å². The molecule has 4 nitrogen and oxygen atoms in total. The Kier molecular flexibility index (Phi) is 4.55. The third-order valence-electron chi connectivity index (χ3n) is 4.03. The summed E-state index contributed by atoms with van der Waals surface area (Å²) >= 11 is 0. The van der Waals surface area contributed by atoms with Crippen LogP contribution in [0.4, 0.5) is 0 Å². The highest BCUT2D eigenvalue weighted by atomic mass is 16.5. The standard InChI is InChI=1S/C17H23N3O/c1-2-19-17-7-4-14-12-15(5-6-16(14)17)21-11-3-9-20-10-8-18-13-20/h5-6,8,10,12-13,17,19H,2-4,7,9,11H2,1H3. The molecule has 1 aliphatic carbocycles. The molecule has 0 amide bonds. The summed E-state index contributed by atoms with van der Waals surface area (Å²) in [6.45, 7) is 4.88. The van der Waals surface area contributed by atoms with Crippen LogP contribution in [0.3, 0.4) is 0 Å². The first-order chi connectivity index (χ1) is 10.4. The van der Waals surface area contributed by atoms with E-state index < -0.39 is 0 Å². The summed E-state index contributed by atoms with van der Waals surface area (Å²) in [4.78, 5) is 4.04. The van der Waals surface area contributed by atoms with Gasteiger partial charge in [0.05, 0.1) is 12.9 Å². The van der Waals surface area contributed by atoms with Gasteiger partial charge in [0, 0.05) is 25.0 Å². The minimum absolute atomic E-state index is 0.528. The van der Waals surface area contributed by atoms with Gasteiger partial charge in [-0.1, -0.05) is 13.0 Å². The molecule has 0 radical (unpaired) electrons. The first kappa shape index (κ1) is 14.1. The number of benzene rings is 1. The number of hydrogen-bond donors (Lipinski definition) is 1. The van der Waals surface area contributed by atoms with Gasteiger partial charge in [0.25, 0.3) is 0 Å². The Morgan fingerprint density at radius 1 is 1.43 bits per heavy atom. The molecule has 0 saturated carbocycles. The summed E-state index contributed by atoms with van der Waals surface area (Å²) < 4.78 is 7.95. The number of aromatic nitrogens is 2. The van der Waals surface area contributed by atoms with E-state index in [1.807, 2.05) is 18.7 Å². The van der Waals surface area contributed by atoms with E-state index in [0.717, 1.165) is 38.3 Å². The molecule has 1 atom stereocenters. The fraction of sp³-hybridized carbons (Fsp3) is 0.471. The van der Waals surface area contributed by atoms with Gasteiger partial charge < -0.3 is 14.6 Å². The average molecular weight is 285 g/mol. The minimum Gasteiger partial charge on any atom is -0.494 e. The molecule has 1 unspecified atom stereocenters. The highest BCUT2D eigenvalue weighted by Crippen LogP contribution is 2.33. The van der Waals surface area contributed by atoms with Crippen molar-refractivity contribution in [2.24, 2.45) is 0 Å². The maximum absolute atomic E-state index is 5.87. The second kappa shape index (κ2) is 6.76. The van der Waals surface area contributed by atoms with Gasteiger partial charge in [0.1, 0.15) is 5.75 Å². The maximum Gasteiger partial charge on any atom is 0.119 e. The van der Waals surface area contributed by atoms with Gasteiger partial charge in [-0.3, -0.25) is 0 Å². The van der Waals surface area contributed by atoms with Crippen molar-refractivity contribution >= 4 is 0 Å². The Hall–Kier alpha value is -1.81. The van der Waals surface area contributed by atoms with Crippen molar-refractivity contribution in [3.05, 3.63) is 48.0 Å². The van der Waals surface area contributed by atoms with Crippen LogP contribution in [0.5, 0.6) is 5.75 Å². The van der Waals surface area contributed by atoms with Crippen LogP contribution in [-0.4, -0.2) is 22.7 Å². The zero-order valence-corrected chi connectivity index (χ0v) is 12.6. The van der Waals surface area contributed by atoms with Crippen LogP contribution in [0.15, 0.2) is 36.9 Å². The van der Waals surface area contributed by atoms with Crippen molar-refractivity contribution in [1.29, 1.82) is 0 Å². The normalized spacial score (nSPS) is 16.9. The molecule has 4 heteroatoms. The number of imidazole rings is 1. The molecule has 0 spiro atoms. The quantitative estimate of drug-likeness (QED) is 0.795. The van der Waals surface area contributed by atoms with Crippen molar-refractivity contribution in [3.63, 3.8) is 0 Å². The van der Waals surface area contributed by atoms with Crippen LogP contribution in [0, 0.1) is 0 Å². The number of nitrogens with one attached hydrogen (secondary N) is 1. The van der Waals surface area contributed by atoms with Crippen molar-refractivity contribution in [2.45, 2.75) is 38.8 Å². The van der Waals surface area contributed by atoms with Crippen LogP contribution in [0.25, 0.3) is 0 Å². The lowest BCUT2D eigenvalue weighted by Gasteiger charge is -2.13. The minimum atomic E-state index is 0.528. The van der Waals surface area contributed by atoms with Crippen LogP contribution >= 0.6 is 0 Å². The van der Waals surface area contributed by atoms with Crippen molar-refractivity contribution in [1.82, 2.24) is 14.9 Å². The predicted molar refractivity (Wildman–Crippen MR) is 83.5 cm³/mol. The molecule has 2 aromatic rings. The molecule has 0 saturated heterocycles. The Morgan fingerprint density at radius 2 is 2.38 bits per heavy atom. The second-order valence-electron chi connectivity index (χ2n) is 5.51. The van der Waals surface area contributed by atoms with E-state index in [4.69, 9.17) is 4.74 Å². The van der Waals surface area contributed by atoms with Gasteiger partial charge in [0.2, 0.25) is 0 Å². The molecule has 1 N–H and O–H groups in total. The SMILES string of the molecule is CCNC1CCc2cc(OCCCn3ccnc3)ccc21. The van der Waals surface area contributed by atoms with Gasteiger partial charge in [-0.15, -0.1) is 0 Å². The predicted octanol–water partition coefficient (Wildman–Crippen LogP) is 2.95. The van der Waals surface area contributed by atoms with E-state index in [1.165, 1.54) is 17.5 Å². The lowest BCUT2D eigenvalue weighted by molar-refractivity contribution is 0.301. The van der Waals surface area contributed by atoms with Gasteiger partial charge >= 0.3 is 0 Å². The van der Waals surface area contributed by atoms with E-state index in [1.54, 1.807) is 0 Å². The highest BCUT2D eigenvalue weighted by molar-refractivity contribution is 5.40. The van der Waals surface area contributed by atoms with Crippen molar-refractivity contribution < 1.29 is 4.74 Å². The summed E-state index contributed by atoms with van der Waals surface area (Å²) in [5, 5.41) is 3.54. The Labute approximate surface area is 126 Å². The van der Waals surface area contributed by atoms with Crippen molar-refractivity contribution in [2.75, 3.05) is 13.2 Å². The smallest absolute Gasteiger partial charge is 0.119 e. The number of fused-ring (bicyclic) bond motifs is 1. The molecular formula is C17H23N3O. The van der Waals surface area contributed by atoms with Gasteiger partial charge in [-0.25, -0.2) is 4.98 Å². The van der Waals surface area contributed by atoms with E-state index in [9.17, 15) is 0 Å². The van der Waals surface area contributed by atoms with E-state index in [0.29, 0.717) is 6.04 Å². The first-order valence-corrected chi connectivity index (χ1v) is 7.81. The van der Waals surface area contributed by atoms with E-state index >= 15 is 0 Å². The Morgan fingerprint density at radius 3 is 3.19 bits per heavy atom. The van der Waals surface area contributed by atoms with Crippen LogP contribution in [-0.2, 0) is 13.0 Å². The maximum atomic E-state index is 5.87. The third-order valence-corrected chi connectivity index (χ3v) is 4.03. The Bertz CT molecular complexity index is 565. The molecule has 1 aromatic heterocycles. The summed E-state index contributed by atoms with van der Waals surface area (Å²) in [6, 6.07) is 7.07. The van der Waals surface area contributed by atoms with Gasteiger partial charge in [-0.2, -0.15) is 0 Å². The molecule has 0 fully saturated rings. The lowest BCUT2D eigenvalue weighted by Crippen LogP contribution is -2.18. The monoisotopic (exact) mass is 285 g/mol. The number of aryl methyl sites for hydroxylation is 2. The number of ether oxygens (including phenoxy) is 1. The summed E-state index contributed by atoms with van der Waals surface area (Å²) in [5.41, 5.74) is 2.88. The Balaban J connectivity index is 1.51. The number of rotatable bonds is 7. The van der Waals surface area contributed by atoms with Crippen LogP contribution < -0.4 is 10.1 Å². The topological polar surface area (TPSA) is 39.1 Å². The molecule has 21 heavy (non-hydrogen) atoms. The fourth-order valence-electron chi connectivity index (χ4n) is 3.00. The molecule has 1 heterocycles. The van der Waals surface area contributed by atoms with Gasteiger partial charge in [0.15, 0.2) is 0 Å². The molecule has 0 aliphatic heterocycles. The summed E-state index contributed by atoms with van der Waals surface area (Å²) in [5.74, 6) is 0.997. The zero-order chi connectivity index (χ0) is 14.5. The largest absolute Gasteiger partial charge is 0.494 e. The number of hydrogen-bond acceptors (Lipinski definition) is 3. The second-order valence-corrected chi connectivity index (χ2v) is 5.51. The fourth-order valence-corrected chi connectivity index (χ4v) is 3.00. The highest BCUT2D eigenvalue weighted by Gasteiger charge is 2.21. The molecule has 0 bridgehead atoms. The third kappa shape index (κ3) is 3.45. The number of nitrogens with zero attached hydrogens (tertiary/aromatic N) is 2. The average Bonchev–Trinajstić information content (AvgIpc) is 3.14. The molecule has 1 aromatic carbocycles. The molecular weight excluding hydrogens is 262 g/mol. The zero-order valence-electron chi connectivity index (χ0n) is 12.6.